The number of hydrogen-bond acceptors (Lipinski definition) is 15. The molecule has 0 aliphatic carbocycles. The molecule has 19 nitrogen and oxygen atoms in total. The van der Waals surface area contributed by atoms with Crippen molar-refractivity contribution in [3.63, 3.8) is 0 Å². The Kier molecular flexibility index (Phi) is 16.0. The summed E-state index contributed by atoms with van der Waals surface area (Å²) in [5.41, 5.74) is 0. The number of esters is 4. The van der Waals surface area contributed by atoms with Crippen LogP contribution in [0.3, 0.4) is 0 Å². The molecule has 51 heavy (non-hydrogen) atoms. The maximum Gasteiger partial charge on any atom is 0.369 e. The van der Waals surface area contributed by atoms with Gasteiger partial charge in [-0.05, 0) is 20.8 Å². The molecular formula is C25H29Cl7O19. The Balaban J connectivity index is 6.27. The third-order valence-electron chi connectivity index (χ3n) is 5.58. The van der Waals surface area contributed by atoms with Crippen molar-refractivity contribution in [3.8, 4) is 0 Å². The van der Waals surface area contributed by atoms with E-state index < -0.39 is 102 Å². The van der Waals surface area contributed by atoms with E-state index in [1.54, 1.807) is 0 Å². The minimum Gasteiger partial charge on any atom is -0.478 e. The van der Waals surface area contributed by atoms with Crippen molar-refractivity contribution in [2.24, 2.45) is 0 Å². The number of halogens is 7. The second kappa shape index (κ2) is 16.8. The van der Waals surface area contributed by atoms with Gasteiger partial charge in [0.1, 0.15) is 0 Å². The lowest BCUT2D eigenvalue weighted by molar-refractivity contribution is -0.349. The molecule has 0 radical (unpaired) electrons. The maximum absolute atomic E-state index is 13.1. The van der Waals surface area contributed by atoms with Gasteiger partial charge in [0, 0.05) is 34.1 Å². The van der Waals surface area contributed by atoms with Gasteiger partial charge in [0.15, 0.2) is 0 Å². The number of carbonyl (C=O) groups is 8. The zero-order valence-electron chi connectivity index (χ0n) is 27.0. The number of aliphatic carboxylic acids is 4. The lowest BCUT2D eigenvalue weighted by Gasteiger charge is -2.39. The van der Waals surface area contributed by atoms with Crippen LogP contribution >= 0.6 is 81.2 Å². The largest absolute Gasteiger partial charge is 0.478 e. The number of hydrogen-bond donors (Lipinski definition) is 4. The summed E-state index contributed by atoms with van der Waals surface area (Å²) in [6.07, 6.45) is -1.12. The van der Waals surface area contributed by atoms with Crippen LogP contribution in [0.5, 0.6) is 0 Å². The molecule has 0 rings (SSSR count). The molecule has 0 aromatic carbocycles. The number of rotatable bonds is 20. The Morgan fingerprint density at radius 1 is 0.451 bits per heavy atom. The van der Waals surface area contributed by atoms with E-state index in [1.165, 1.54) is 0 Å². The zero-order chi connectivity index (χ0) is 41.0. The molecule has 0 amide bonds. The molecule has 0 saturated heterocycles. The SMILES string of the molecule is CC(Cl)(Cl)C(=O)OC(Cl)(CCOC(=O)C(C)(Cl)OC(C)(OC(C)(OC(C)(Cl)C(=O)O)C(=O)O)C(=O)O)C(=O)OC(C)(Cl)C(=O)OC(C)(Cl)C(=O)O. The van der Waals surface area contributed by atoms with Gasteiger partial charge in [-0.2, -0.15) is 0 Å². The molecule has 0 heterocycles. The molecule has 7 atom stereocenters. The van der Waals surface area contributed by atoms with Gasteiger partial charge < -0.3 is 48.8 Å². The van der Waals surface area contributed by atoms with E-state index in [1.807, 2.05) is 0 Å². The molecule has 0 spiro atoms. The first-order valence-electron chi connectivity index (χ1n) is 13.1. The first-order valence-corrected chi connectivity index (χ1v) is 15.8. The number of carboxylic acids is 4. The molecule has 0 aromatic heterocycles. The molecule has 0 aliphatic rings. The molecule has 0 fully saturated rings. The molecule has 0 saturated carbocycles. The highest BCUT2D eigenvalue weighted by Crippen LogP contribution is 2.36. The summed E-state index contributed by atoms with van der Waals surface area (Å²) in [4.78, 5) is 97.4. The van der Waals surface area contributed by atoms with Gasteiger partial charge in [-0.1, -0.05) is 81.2 Å². The van der Waals surface area contributed by atoms with Crippen LogP contribution < -0.4 is 0 Å². The number of alkyl halides is 7. The smallest absolute Gasteiger partial charge is 0.369 e. The normalized spacial score (nSPS) is 20.0. The molecule has 292 valence electrons. The highest BCUT2D eigenvalue weighted by Gasteiger charge is 2.57. The number of carbonyl (C=O) groups excluding carboxylic acids is 4. The topological polar surface area (TPSA) is 282 Å². The van der Waals surface area contributed by atoms with Crippen LogP contribution in [-0.2, 0) is 71.5 Å². The van der Waals surface area contributed by atoms with Crippen LogP contribution in [-0.4, -0.2) is 116 Å². The van der Waals surface area contributed by atoms with E-state index >= 15 is 0 Å². The van der Waals surface area contributed by atoms with Gasteiger partial charge in [-0.3, -0.25) is 4.74 Å². The lowest BCUT2D eigenvalue weighted by atomic mass is 10.2. The van der Waals surface area contributed by atoms with Crippen molar-refractivity contribution in [1.82, 2.24) is 0 Å². The fourth-order valence-electron chi connectivity index (χ4n) is 2.84. The summed E-state index contributed by atoms with van der Waals surface area (Å²) in [6, 6.07) is 0. The number of ether oxygens (including phenoxy) is 7. The summed E-state index contributed by atoms with van der Waals surface area (Å²) in [5.74, 6) is -21.4. The van der Waals surface area contributed by atoms with Crippen LogP contribution in [0.4, 0.5) is 0 Å². The molecule has 26 heteroatoms. The van der Waals surface area contributed by atoms with E-state index in [9.17, 15) is 53.7 Å². The van der Waals surface area contributed by atoms with Gasteiger partial charge in [0.2, 0.25) is 14.5 Å². The summed E-state index contributed by atoms with van der Waals surface area (Å²) in [7, 11) is 0. The first-order chi connectivity index (χ1) is 22.4. The average molecular weight is 882 g/mol. The molecule has 4 N–H and O–H groups in total. The van der Waals surface area contributed by atoms with Gasteiger partial charge in [-0.25, -0.2) is 38.4 Å². The second-order valence-electron chi connectivity index (χ2n) is 10.8. The van der Waals surface area contributed by atoms with Crippen LogP contribution in [0.15, 0.2) is 0 Å². The highest BCUT2D eigenvalue weighted by molar-refractivity contribution is 6.57. The fourth-order valence-corrected chi connectivity index (χ4v) is 3.63. The average Bonchev–Trinajstić information content (AvgIpc) is 2.90. The Morgan fingerprint density at radius 2 is 0.843 bits per heavy atom. The third kappa shape index (κ3) is 13.5. The van der Waals surface area contributed by atoms with Crippen LogP contribution in [0.1, 0.15) is 54.9 Å². The molecule has 7 unspecified atom stereocenters. The summed E-state index contributed by atoms with van der Waals surface area (Å²) in [6.45, 7) is 3.60. The minimum atomic E-state index is -3.26. The molecule has 0 aliphatic heterocycles. The Hall–Kier alpha value is -2.33. The quantitative estimate of drug-likeness (QED) is 0.0590. The van der Waals surface area contributed by atoms with Crippen molar-refractivity contribution in [2.75, 3.05) is 6.61 Å². The fraction of sp³-hybridized carbons (Fsp3) is 0.680. The van der Waals surface area contributed by atoms with Gasteiger partial charge >= 0.3 is 47.8 Å². The lowest BCUT2D eigenvalue weighted by Crippen LogP contribution is -2.59. The maximum atomic E-state index is 13.1. The van der Waals surface area contributed by atoms with Gasteiger partial charge in [0.05, 0.1) is 6.61 Å². The van der Waals surface area contributed by atoms with E-state index in [0.717, 1.165) is 13.8 Å². The van der Waals surface area contributed by atoms with Crippen molar-refractivity contribution in [2.45, 2.75) is 96.1 Å². The summed E-state index contributed by atoms with van der Waals surface area (Å²) >= 11 is 40.7. The van der Waals surface area contributed by atoms with Crippen LogP contribution in [0, 0.1) is 0 Å². The van der Waals surface area contributed by atoms with Crippen molar-refractivity contribution >= 4 is 129 Å². The predicted molar refractivity (Wildman–Crippen MR) is 170 cm³/mol. The second-order valence-corrected chi connectivity index (χ2v) is 16.0. The van der Waals surface area contributed by atoms with E-state index in [0.29, 0.717) is 34.6 Å². The molecular weight excluding hydrogens is 852 g/mol. The van der Waals surface area contributed by atoms with Gasteiger partial charge in [-0.15, -0.1) is 0 Å². The monoisotopic (exact) mass is 878 g/mol. The minimum absolute atomic E-state index is 0.534. The summed E-state index contributed by atoms with van der Waals surface area (Å²) in [5, 5.41) is 23.2. The van der Waals surface area contributed by atoms with E-state index in [4.69, 9.17) is 115 Å². The summed E-state index contributed by atoms with van der Waals surface area (Å²) < 4.78 is 31.3. The predicted octanol–water partition coefficient (Wildman–Crippen LogP) is 3.32. The zero-order valence-corrected chi connectivity index (χ0v) is 32.3. The van der Waals surface area contributed by atoms with Crippen LogP contribution in [0.2, 0.25) is 0 Å². The third-order valence-corrected chi connectivity index (χ3v) is 7.25. The molecule has 0 aromatic rings. The highest BCUT2D eigenvalue weighted by atomic mass is 35.5. The Morgan fingerprint density at radius 3 is 1.22 bits per heavy atom. The van der Waals surface area contributed by atoms with Crippen molar-refractivity contribution in [1.29, 1.82) is 0 Å². The number of carboxylic acid groups (broad SMARTS) is 4. The standard InChI is InChI=1S/C25H29Cl7O19/c1-18(26,27)14(41)48-25(32,17(44)47-21(4,30)16(43)46-19(2,28)10(33)34)8-9-45-15(42)22(5,31)50-24(7,13(39)40)51-23(6,12(37)38)49-20(3,29)11(35)36/h8-9H2,1-7H3,(H,33,34)(H,35,36)(H,37,38)(H,39,40). The van der Waals surface area contributed by atoms with Crippen molar-refractivity contribution in [3.05, 3.63) is 0 Å². The van der Waals surface area contributed by atoms with E-state index in [-0.39, 0.29) is 0 Å². The Bertz CT molecular complexity index is 1430. The van der Waals surface area contributed by atoms with E-state index in [2.05, 4.69) is 4.74 Å². The van der Waals surface area contributed by atoms with Crippen molar-refractivity contribution < 1.29 is 91.9 Å². The Labute approximate surface area is 322 Å². The van der Waals surface area contributed by atoms with Gasteiger partial charge in [0.25, 0.3) is 26.8 Å². The van der Waals surface area contributed by atoms with Crippen LogP contribution in [0.25, 0.3) is 0 Å². The first kappa shape index (κ1) is 48.7. The molecule has 0 bridgehead atoms.